The van der Waals surface area contributed by atoms with Gasteiger partial charge in [-0.1, -0.05) is 26.2 Å². The van der Waals surface area contributed by atoms with E-state index in [2.05, 4.69) is 11.7 Å². The summed E-state index contributed by atoms with van der Waals surface area (Å²) in [6, 6.07) is -0.446. The molecule has 0 amide bonds. The molecule has 0 saturated heterocycles. The van der Waals surface area contributed by atoms with Crippen molar-refractivity contribution in [1.29, 1.82) is 0 Å². The number of hydrogen-bond donors (Lipinski definition) is 1. The molecule has 4 heteroatoms. The smallest absolute Gasteiger partial charge is 0.322 e. The molecular formula is C13H25NO2S. The molecule has 1 aliphatic carbocycles. The zero-order chi connectivity index (χ0) is 12.7. The van der Waals surface area contributed by atoms with Crippen LogP contribution in [0.4, 0.5) is 0 Å². The van der Waals surface area contributed by atoms with Crippen LogP contribution < -0.4 is 5.73 Å². The molecule has 0 aliphatic heterocycles. The summed E-state index contributed by atoms with van der Waals surface area (Å²) in [5.41, 5.74) is 5.71. The van der Waals surface area contributed by atoms with Crippen molar-refractivity contribution in [2.45, 2.75) is 56.7 Å². The van der Waals surface area contributed by atoms with Crippen molar-refractivity contribution in [2.24, 2.45) is 11.7 Å². The van der Waals surface area contributed by atoms with Gasteiger partial charge >= 0.3 is 5.97 Å². The Labute approximate surface area is 109 Å². The lowest BCUT2D eigenvalue weighted by Crippen LogP contribution is -2.32. The first kappa shape index (κ1) is 14.8. The highest BCUT2D eigenvalue weighted by Gasteiger charge is 2.21. The van der Waals surface area contributed by atoms with Crippen LogP contribution in [0.2, 0.25) is 0 Å². The topological polar surface area (TPSA) is 52.3 Å². The minimum absolute atomic E-state index is 0.291. The average Bonchev–Trinajstić information content (AvgIpc) is 2.37. The summed E-state index contributed by atoms with van der Waals surface area (Å²) < 4.78 is 4.62. The van der Waals surface area contributed by atoms with Crippen LogP contribution in [0, 0.1) is 5.92 Å². The fraction of sp³-hybridized carbons (Fsp3) is 0.923. The van der Waals surface area contributed by atoms with Gasteiger partial charge in [0.2, 0.25) is 0 Å². The molecule has 1 aliphatic rings. The monoisotopic (exact) mass is 259 g/mol. The van der Waals surface area contributed by atoms with E-state index in [-0.39, 0.29) is 5.97 Å². The van der Waals surface area contributed by atoms with Gasteiger partial charge in [-0.2, -0.15) is 11.8 Å². The maximum atomic E-state index is 11.1. The lowest BCUT2D eigenvalue weighted by molar-refractivity contribution is -0.142. The molecule has 1 saturated carbocycles. The molecule has 1 rings (SSSR count). The van der Waals surface area contributed by atoms with Crippen LogP contribution in [0.15, 0.2) is 0 Å². The highest BCUT2D eigenvalue weighted by molar-refractivity contribution is 7.99. The Morgan fingerprint density at radius 1 is 1.53 bits per heavy atom. The molecule has 0 aromatic carbocycles. The van der Waals surface area contributed by atoms with E-state index in [1.165, 1.54) is 39.2 Å². The van der Waals surface area contributed by atoms with Crippen LogP contribution in [0.3, 0.4) is 0 Å². The van der Waals surface area contributed by atoms with E-state index < -0.39 is 6.04 Å². The van der Waals surface area contributed by atoms with Gasteiger partial charge in [-0.25, -0.2) is 0 Å². The van der Waals surface area contributed by atoms with Gasteiger partial charge in [0.15, 0.2) is 0 Å². The van der Waals surface area contributed by atoms with Crippen LogP contribution in [-0.2, 0) is 9.53 Å². The molecule has 3 unspecified atom stereocenters. The van der Waals surface area contributed by atoms with Crippen molar-refractivity contribution >= 4 is 17.7 Å². The molecule has 0 spiro atoms. The lowest BCUT2D eigenvalue weighted by atomic mass is 9.87. The first-order valence-electron chi connectivity index (χ1n) is 6.62. The number of nitrogens with two attached hydrogens (primary N) is 1. The number of methoxy groups -OCH3 is 1. The average molecular weight is 259 g/mol. The molecule has 2 N–H and O–H groups in total. The van der Waals surface area contributed by atoms with Crippen LogP contribution >= 0.6 is 11.8 Å². The van der Waals surface area contributed by atoms with E-state index in [0.29, 0.717) is 0 Å². The Balaban J connectivity index is 2.15. The molecule has 3 nitrogen and oxygen atoms in total. The first-order valence-corrected chi connectivity index (χ1v) is 7.67. The first-order chi connectivity index (χ1) is 8.17. The van der Waals surface area contributed by atoms with E-state index >= 15 is 0 Å². The molecule has 100 valence electrons. The van der Waals surface area contributed by atoms with Gasteiger partial charge in [0, 0.05) is 5.25 Å². The third kappa shape index (κ3) is 5.30. The van der Waals surface area contributed by atoms with Gasteiger partial charge in [-0.15, -0.1) is 0 Å². The Kier molecular flexibility index (Phi) is 6.97. The summed E-state index contributed by atoms with van der Waals surface area (Å²) in [5, 5.41) is 0.776. The summed E-state index contributed by atoms with van der Waals surface area (Å²) in [4.78, 5) is 11.1. The van der Waals surface area contributed by atoms with E-state index in [4.69, 9.17) is 5.73 Å². The van der Waals surface area contributed by atoms with Crippen molar-refractivity contribution in [3.8, 4) is 0 Å². The van der Waals surface area contributed by atoms with Gasteiger partial charge in [0.25, 0.3) is 0 Å². The third-order valence-corrected chi connectivity index (χ3v) is 4.97. The summed E-state index contributed by atoms with van der Waals surface area (Å²) in [6.45, 7) is 2.28. The van der Waals surface area contributed by atoms with E-state index in [0.717, 1.165) is 23.3 Å². The largest absolute Gasteiger partial charge is 0.468 e. The SMILES string of the molecule is CCC1CCCC(SCCC(N)C(=O)OC)C1. The number of rotatable bonds is 6. The molecule has 0 aromatic rings. The molecule has 3 atom stereocenters. The molecule has 0 radical (unpaired) electrons. The Morgan fingerprint density at radius 3 is 2.94 bits per heavy atom. The van der Waals surface area contributed by atoms with Gasteiger partial charge in [0.05, 0.1) is 7.11 Å². The second kappa shape index (κ2) is 7.98. The minimum Gasteiger partial charge on any atom is -0.468 e. The number of hydrogen-bond acceptors (Lipinski definition) is 4. The standard InChI is InChI=1S/C13H25NO2S/c1-3-10-5-4-6-11(9-10)17-8-7-12(14)13(15)16-2/h10-12H,3-9,14H2,1-2H3. The zero-order valence-corrected chi connectivity index (χ0v) is 11.8. The van der Waals surface area contributed by atoms with Gasteiger partial charge in [0.1, 0.15) is 6.04 Å². The van der Waals surface area contributed by atoms with Crippen molar-refractivity contribution in [3.63, 3.8) is 0 Å². The number of carbonyl (C=O) groups is 1. The zero-order valence-electron chi connectivity index (χ0n) is 11.0. The quantitative estimate of drug-likeness (QED) is 0.745. The molecular weight excluding hydrogens is 234 g/mol. The summed E-state index contributed by atoms with van der Waals surface area (Å²) in [7, 11) is 1.39. The molecule has 0 bridgehead atoms. The van der Waals surface area contributed by atoms with Crippen LogP contribution in [0.5, 0.6) is 0 Å². The maximum Gasteiger partial charge on any atom is 0.322 e. The number of ether oxygens (including phenoxy) is 1. The second-order valence-corrected chi connectivity index (χ2v) is 6.26. The van der Waals surface area contributed by atoms with Crippen LogP contribution in [0.1, 0.15) is 45.4 Å². The Bertz CT molecular complexity index is 235. The van der Waals surface area contributed by atoms with Crippen LogP contribution in [-0.4, -0.2) is 30.1 Å². The number of carbonyl (C=O) groups excluding carboxylic acids is 1. The van der Waals surface area contributed by atoms with E-state index in [1.54, 1.807) is 0 Å². The van der Waals surface area contributed by atoms with Gasteiger partial charge in [-0.05, 0) is 30.9 Å². The fourth-order valence-corrected chi connectivity index (χ4v) is 3.86. The normalized spacial score (nSPS) is 26.5. The van der Waals surface area contributed by atoms with Crippen molar-refractivity contribution in [1.82, 2.24) is 0 Å². The highest BCUT2D eigenvalue weighted by Crippen LogP contribution is 2.33. The summed E-state index contributed by atoms with van der Waals surface area (Å²) >= 11 is 1.98. The highest BCUT2D eigenvalue weighted by atomic mass is 32.2. The number of thioether (sulfide) groups is 1. The predicted octanol–water partition coefficient (Wildman–Crippen LogP) is 2.58. The van der Waals surface area contributed by atoms with Crippen LogP contribution in [0.25, 0.3) is 0 Å². The molecule has 1 fully saturated rings. The van der Waals surface area contributed by atoms with Gasteiger partial charge < -0.3 is 10.5 Å². The number of esters is 1. The maximum absolute atomic E-state index is 11.1. The Hall–Kier alpha value is -0.220. The summed E-state index contributed by atoms with van der Waals surface area (Å²) in [6.07, 6.45) is 7.46. The third-order valence-electron chi connectivity index (χ3n) is 3.60. The Morgan fingerprint density at radius 2 is 2.29 bits per heavy atom. The van der Waals surface area contributed by atoms with Crippen molar-refractivity contribution < 1.29 is 9.53 Å². The lowest BCUT2D eigenvalue weighted by Gasteiger charge is -2.28. The molecule has 0 heterocycles. The minimum atomic E-state index is -0.446. The van der Waals surface area contributed by atoms with E-state index in [1.807, 2.05) is 11.8 Å². The van der Waals surface area contributed by atoms with E-state index in [9.17, 15) is 4.79 Å². The van der Waals surface area contributed by atoms with Gasteiger partial charge in [-0.3, -0.25) is 4.79 Å². The molecule has 17 heavy (non-hydrogen) atoms. The predicted molar refractivity (Wildman–Crippen MR) is 73.1 cm³/mol. The second-order valence-electron chi connectivity index (χ2n) is 4.85. The van der Waals surface area contributed by atoms with Crippen molar-refractivity contribution in [2.75, 3.05) is 12.9 Å². The summed E-state index contributed by atoms with van der Waals surface area (Å²) in [5.74, 6) is 1.59. The molecule has 0 aromatic heterocycles. The van der Waals surface area contributed by atoms with Crippen molar-refractivity contribution in [3.05, 3.63) is 0 Å². The fourth-order valence-electron chi connectivity index (χ4n) is 2.39.